The summed E-state index contributed by atoms with van der Waals surface area (Å²) in [6, 6.07) is 62.2. The Hall–Kier alpha value is -5.98. The first-order chi connectivity index (χ1) is 62.0. The van der Waals surface area contributed by atoms with E-state index in [4.69, 9.17) is 0 Å². The van der Waals surface area contributed by atoms with Crippen LogP contribution in [0.25, 0.3) is 43.4 Å². The largest absolute Gasteiger partial charge is 0.0851 e. The fraction of sp³-hybridized carbons (Fsp3) is 0.641. The molecule has 8 aromatic carbocycles. The van der Waals surface area contributed by atoms with Crippen LogP contribution in [0.3, 0.4) is 0 Å². The predicted molar refractivity (Wildman–Crippen MR) is 552 cm³/mol. The summed E-state index contributed by atoms with van der Waals surface area (Å²) in [4.78, 5) is 0. The van der Waals surface area contributed by atoms with Gasteiger partial charge in [-0.25, -0.2) is 0 Å². The second-order valence-corrected chi connectivity index (χ2v) is 49.8. The molecular formula is C128H176. The highest BCUT2D eigenvalue weighted by Gasteiger charge is 2.62. The van der Waals surface area contributed by atoms with Gasteiger partial charge in [0.2, 0.25) is 0 Å². The number of aryl methyl sites for hydroxylation is 3. The Balaban J connectivity index is 0.0000000946. The Labute approximate surface area is 782 Å². The van der Waals surface area contributed by atoms with Crippen LogP contribution in [0.5, 0.6) is 0 Å². The molecule has 0 aromatic heterocycles. The van der Waals surface area contributed by atoms with Crippen molar-refractivity contribution in [2.75, 3.05) is 0 Å². The van der Waals surface area contributed by atoms with E-state index in [1.165, 1.54) is 203 Å². The number of fused-ring (bicyclic) bond motifs is 28. The van der Waals surface area contributed by atoms with Gasteiger partial charge in [0, 0.05) is 5.92 Å². The maximum absolute atomic E-state index is 2.54. The Morgan fingerprint density at radius 2 is 0.711 bits per heavy atom. The zero-order valence-corrected chi connectivity index (χ0v) is 83.0. The average molecular weight is 1710 g/mol. The van der Waals surface area contributed by atoms with Crippen molar-refractivity contribution >= 4 is 32.3 Å². The molecule has 8 aromatic rings. The molecule has 0 saturated heterocycles. The molecule has 0 N–H and O–H groups in total. The van der Waals surface area contributed by atoms with E-state index in [9.17, 15) is 0 Å². The molecule has 128 heavy (non-hydrogen) atoms. The van der Waals surface area contributed by atoms with Crippen LogP contribution in [-0.4, -0.2) is 0 Å². The summed E-state index contributed by atoms with van der Waals surface area (Å²) in [5, 5.41) is 7.92. The maximum atomic E-state index is 2.54. The fourth-order valence-electron chi connectivity index (χ4n) is 34.0. The van der Waals surface area contributed by atoms with Gasteiger partial charge < -0.3 is 0 Å². The lowest BCUT2D eigenvalue weighted by atomic mass is 9.50. The van der Waals surface area contributed by atoms with Gasteiger partial charge in [0.1, 0.15) is 0 Å². The van der Waals surface area contributed by atoms with Gasteiger partial charge in [-0.3, -0.25) is 0 Å². The molecule has 24 aliphatic carbocycles. The molecule has 32 rings (SSSR count). The molecule has 18 unspecified atom stereocenters. The summed E-state index contributed by atoms with van der Waals surface area (Å²) in [5.41, 5.74) is 11.3. The van der Waals surface area contributed by atoms with Crippen LogP contribution < -0.4 is 0 Å². The Morgan fingerprint density at radius 3 is 1.15 bits per heavy atom. The third kappa shape index (κ3) is 21.7. The topological polar surface area (TPSA) is 0 Å². The van der Waals surface area contributed by atoms with Crippen molar-refractivity contribution in [3.05, 3.63) is 228 Å². The van der Waals surface area contributed by atoms with E-state index in [-0.39, 0.29) is 0 Å². The number of allylic oxidation sites excluding steroid dienone is 4. The summed E-state index contributed by atoms with van der Waals surface area (Å²) in [6.07, 6.45) is 67.0. The second-order valence-electron chi connectivity index (χ2n) is 49.8. The molecule has 0 heteroatoms. The monoisotopic (exact) mass is 1710 g/mol. The third-order valence-corrected chi connectivity index (χ3v) is 39.9. The van der Waals surface area contributed by atoms with Crippen LogP contribution in [0, 0.1) is 203 Å². The van der Waals surface area contributed by atoms with Crippen LogP contribution in [0.4, 0.5) is 0 Å². The first kappa shape index (κ1) is 92.5. The molecule has 24 aliphatic rings. The normalized spacial score (nSPS) is 38.0. The summed E-state index contributed by atoms with van der Waals surface area (Å²) < 4.78 is 0. The molecule has 0 spiro atoms. The van der Waals surface area contributed by atoms with Gasteiger partial charge in [0.25, 0.3) is 0 Å². The van der Waals surface area contributed by atoms with Gasteiger partial charge in [-0.05, 0) is 424 Å². The van der Waals surface area contributed by atoms with Crippen molar-refractivity contribution in [2.45, 2.75) is 333 Å². The molecule has 20 bridgehead atoms. The van der Waals surface area contributed by atoms with E-state index in [2.05, 4.69) is 272 Å². The zero-order chi connectivity index (χ0) is 88.3. The fourth-order valence-corrected chi connectivity index (χ4v) is 34.0. The van der Waals surface area contributed by atoms with Gasteiger partial charge in [0.15, 0.2) is 0 Å². The first-order valence-electron chi connectivity index (χ1n) is 55.0. The van der Waals surface area contributed by atoms with E-state index in [0.717, 1.165) is 147 Å². The molecule has 688 valence electrons. The quantitative estimate of drug-likeness (QED) is 0.0806. The Morgan fingerprint density at radius 1 is 0.258 bits per heavy atom. The molecule has 21 fully saturated rings. The smallest absolute Gasteiger partial charge is 0.00733 e. The molecule has 22 atom stereocenters. The molecule has 0 nitrogen and oxygen atoms in total. The Bertz CT molecular complexity index is 4830. The summed E-state index contributed by atoms with van der Waals surface area (Å²) in [6.45, 7) is 30.5. The molecule has 0 aliphatic heterocycles. The van der Waals surface area contributed by atoms with Crippen molar-refractivity contribution in [1.29, 1.82) is 0 Å². The highest BCUT2D eigenvalue weighted by molar-refractivity contribution is 5.98. The van der Waals surface area contributed by atoms with Crippen LogP contribution in [0.15, 0.2) is 200 Å². The summed E-state index contributed by atoms with van der Waals surface area (Å²) >= 11 is 0. The highest BCUT2D eigenvalue weighted by Crippen LogP contribution is 2.70. The molecule has 21 saturated carbocycles. The van der Waals surface area contributed by atoms with Crippen molar-refractivity contribution in [1.82, 2.24) is 0 Å². The Kier molecular flexibility index (Phi) is 30.0. The predicted octanol–water partition coefficient (Wildman–Crippen LogP) is 37.0. The minimum atomic E-state index is 0.558. The van der Waals surface area contributed by atoms with E-state index in [0.29, 0.717) is 5.92 Å². The minimum absolute atomic E-state index is 0.558. The van der Waals surface area contributed by atoms with Crippen molar-refractivity contribution in [3.8, 4) is 11.1 Å². The van der Waals surface area contributed by atoms with E-state index in [1.807, 2.05) is 18.2 Å². The standard InChI is InChI=1S/C15H12.C14H12.C13H20.C13H18.C11H18.C11H10.C10H16.C8H14.C8H12.C7H14.C7H8.C6H12.C5H10/c1-11-6-7-14-9-12-4-2-3-5-13(12)10-15(14)8-11;1-10-11-6-2-4-8-13(11)14-9-5-3-7-12(10)14;2*1-7-4-10-6-11(7)13-9-3-2-8(5-9)12(10)13;1-11-5-8-2-9(6-11)4-10(3-8)7-11;1-9-6-7-10-4-2-3-5-11(10)8-9;1-10-5-7-2-8(6-10)4-9(10)3-7;2*1-6-4-7-2-3-8(6)5-7;2*1-7-5-3-2-4-6-7;1-6-4-2-3-5-6;1-5-3-2-4-5/h2-10H,1H3;2-10H,1H3;7-13H,2-6H2,1H3;2-3,7-13H,4-6H2,1H3;8-10H,2-7H2,1H3;2-8H,1H3;7-9H,2-6H2,1H3;6-8H,2-5H2,1H3;2-3,6-8H,4-5H2,1H3;7H,2-6H2,1H3;2-6H,1H3;6H,2-5H2,1H3;5H,2-4H2,1H3/t;;2*7-,8?,9?,10?,11?,12?,13?;;;;2*6-,7?,8?;;;;/m..11...11..../s1. The minimum Gasteiger partial charge on any atom is -0.0851 e. The lowest BCUT2D eigenvalue weighted by molar-refractivity contribution is -0.0411. The first-order valence-corrected chi connectivity index (χ1v) is 55.0. The van der Waals surface area contributed by atoms with Gasteiger partial charge in [0.05, 0.1) is 0 Å². The van der Waals surface area contributed by atoms with Crippen molar-refractivity contribution < 1.29 is 0 Å². The average Bonchev–Trinajstić information content (AvgIpc) is 1.55. The van der Waals surface area contributed by atoms with Gasteiger partial charge >= 0.3 is 0 Å². The van der Waals surface area contributed by atoms with Gasteiger partial charge in [-0.1, -0.05) is 357 Å². The molecule has 0 amide bonds. The maximum Gasteiger partial charge on any atom is 0.00733 e. The number of rotatable bonds is 0. The lowest BCUT2D eigenvalue weighted by Gasteiger charge is -2.55. The molecule has 0 heterocycles. The number of hydrogen-bond donors (Lipinski definition) is 0. The highest BCUT2D eigenvalue weighted by atomic mass is 14.7. The second kappa shape index (κ2) is 41.5. The van der Waals surface area contributed by atoms with Crippen LogP contribution >= 0.6 is 0 Å². The zero-order valence-electron chi connectivity index (χ0n) is 83.0. The summed E-state index contributed by atoms with van der Waals surface area (Å²) in [5.74, 6) is 32.7. The lowest BCUT2D eigenvalue weighted by Crippen LogP contribution is -2.44. The van der Waals surface area contributed by atoms with E-state index < -0.39 is 0 Å². The van der Waals surface area contributed by atoms with Crippen molar-refractivity contribution in [2.24, 2.45) is 182 Å². The molecule has 0 radical (unpaired) electrons. The van der Waals surface area contributed by atoms with Crippen LogP contribution in [-0.2, 0) is 0 Å². The van der Waals surface area contributed by atoms with Gasteiger partial charge in [-0.2, -0.15) is 0 Å². The van der Waals surface area contributed by atoms with Gasteiger partial charge in [-0.15, -0.1) is 0 Å². The van der Waals surface area contributed by atoms with Crippen LogP contribution in [0.2, 0.25) is 0 Å². The van der Waals surface area contributed by atoms with Crippen molar-refractivity contribution in [3.63, 3.8) is 0 Å². The number of hydrogen-bond acceptors (Lipinski definition) is 0. The third-order valence-electron chi connectivity index (χ3n) is 39.9. The van der Waals surface area contributed by atoms with Crippen LogP contribution in [0.1, 0.15) is 341 Å². The molecular weight excluding hydrogens is 1540 g/mol. The van der Waals surface area contributed by atoms with E-state index in [1.54, 1.807) is 141 Å². The van der Waals surface area contributed by atoms with E-state index >= 15 is 0 Å². The SMILES string of the molecule is CC12CC3CC(CC(C3)C1)C2.CC12CC3CC(CC1C3)C2.CC1CCC1.CC1CCCC1.CC1CCCCC1.CC1c2ccccc2-c2ccccc21.C[C@@H]1CC2C=CC1C2.C[C@@H]1CC2CC1C1C3C=CC(C3)C21.C[C@@H]1CC2CC1C1C3CCC(C3)C21.C[C@@H]1CC2CCC1C2.Cc1ccc2cc3ccccc3cc2c1.Cc1ccc2ccccc2c1.Cc1ccccc1. The number of benzene rings is 8. The summed E-state index contributed by atoms with van der Waals surface area (Å²) in [7, 11) is 0.